The minimum atomic E-state index is -1.36. The van der Waals surface area contributed by atoms with E-state index in [9.17, 15) is 14.3 Å². The van der Waals surface area contributed by atoms with E-state index in [4.69, 9.17) is 0 Å². The summed E-state index contributed by atoms with van der Waals surface area (Å²) in [6.07, 6.45) is 1.22. The molecule has 0 unspecified atom stereocenters. The molecule has 1 aromatic carbocycles. The lowest BCUT2D eigenvalue weighted by atomic mass is 9.90. The van der Waals surface area contributed by atoms with Gasteiger partial charge in [0.1, 0.15) is 5.82 Å². The van der Waals surface area contributed by atoms with Crippen molar-refractivity contribution in [1.29, 1.82) is 0 Å². The summed E-state index contributed by atoms with van der Waals surface area (Å²) in [7, 11) is 1.87. The van der Waals surface area contributed by atoms with Crippen molar-refractivity contribution < 1.29 is 14.3 Å². The van der Waals surface area contributed by atoms with Crippen LogP contribution in [0.25, 0.3) is 0 Å². The lowest BCUT2D eigenvalue weighted by molar-refractivity contribution is -0.159. The Bertz CT molecular complexity index is 573. The number of carbonyl (C=O) groups excluding carboxylic acids is 1. The molecule has 0 spiro atoms. The van der Waals surface area contributed by atoms with Gasteiger partial charge in [-0.3, -0.25) is 9.69 Å². The maximum Gasteiger partial charge on any atom is 0.256 e. The molecule has 1 aliphatic rings. The van der Waals surface area contributed by atoms with E-state index in [0.29, 0.717) is 32.6 Å². The Morgan fingerprint density at radius 2 is 2.09 bits per heavy atom. The van der Waals surface area contributed by atoms with Crippen LogP contribution in [0.2, 0.25) is 0 Å². The van der Waals surface area contributed by atoms with Crippen molar-refractivity contribution in [3.05, 3.63) is 47.8 Å². The van der Waals surface area contributed by atoms with E-state index < -0.39 is 5.60 Å². The molecule has 0 saturated carbocycles. The second-order valence-corrected chi connectivity index (χ2v) is 6.62. The number of aliphatic hydroxyl groups is 1. The smallest absolute Gasteiger partial charge is 0.256 e. The summed E-state index contributed by atoms with van der Waals surface area (Å²) in [6.45, 7) is 7.72. The highest BCUT2D eigenvalue weighted by atomic mass is 19.1. The van der Waals surface area contributed by atoms with Gasteiger partial charge in [0.25, 0.3) is 5.91 Å². The number of amides is 1. The summed E-state index contributed by atoms with van der Waals surface area (Å²) in [6, 6.07) is 6.11. The molecule has 1 aromatic rings. The summed E-state index contributed by atoms with van der Waals surface area (Å²) < 4.78 is 13.0. The zero-order valence-corrected chi connectivity index (χ0v) is 13.9. The van der Waals surface area contributed by atoms with E-state index in [1.54, 1.807) is 17.0 Å². The average molecular weight is 320 g/mol. The summed E-state index contributed by atoms with van der Waals surface area (Å²) in [5, 5.41) is 10.8. The van der Waals surface area contributed by atoms with Crippen LogP contribution in [0.15, 0.2) is 36.4 Å². The molecule has 2 rings (SSSR count). The van der Waals surface area contributed by atoms with Crippen molar-refractivity contribution in [3.63, 3.8) is 0 Å². The van der Waals surface area contributed by atoms with Crippen LogP contribution in [0.4, 0.5) is 4.39 Å². The van der Waals surface area contributed by atoms with Crippen LogP contribution >= 0.6 is 0 Å². The number of hydrogen-bond donors (Lipinski definition) is 1. The molecule has 1 atom stereocenters. The van der Waals surface area contributed by atoms with Crippen LogP contribution in [0.5, 0.6) is 0 Å². The fraction of sp³-hybridized carbons (Fsp3) is 0.500. The second-order valence-electron chi connectivity index (χ2n) is 6.62. The summed E-state index contributed by atoms with van der Waals surface area (Å²) >= 11 is 0. The molecule has 1 amide bonds. The number of hydrogen-bond acceptors (Lipinski definition) is 3. The number of rotatable bonds is 6. The van der Waals surface area contributed by atoms with Crippen molar-refractivity contribution in [1.82, 2.24) is 9.80 Å². The Hall–Kier alpha value is -1.72. The second kappa shape index (κ2) is 7.23. The van der Waals surface area contributed by atoms with Crippen molar-refractivity contribution in [2.24, 2.45) is 0 Å². The molecule has 4 nitrogen and oxygen atoms in total. The first kappa shape index (κ1) is 17.6. The normalized spacial score (nSPS) is 21.8. The highest BCUT2D eigenvalue weighted by Crippen LogP contribution is 2.25. The third-order valence-electron chi connectivity index (χ3n) is 4.06. The third kappa shape index (κ3) is 4.62. The van der Waals surface area contributed by atoms with E-state index in [2.05, 4.69) is 6.58 Å². The van der Waals surface area contributed by atoms with E-state index in [0.717, 1.165) is 17.6 Å². The standard InChI is InChI=1S/C18H25FN2O2/c1-14(2)11-20(3)13-18(23)9-4-10-21(17(18)22)12-15-5-7-16(19)8-6-15/h5-8,23H,1,4,9-13H2,2-3H3/t18-/m0/s1. The summed E-state index contributed by atoms with van der Waals surface area (Å²) in [5.74, 6) is -0.543. The van der Waals surface area contributed by atoms with Crippen molar-refractivity contribution in [3.8, 4) is 0 Å². The number of halogens is 1. The lowest BCUT2D eigenvalue weighted by Crippen LogP contribution is -2.58. The molecular formula is C18H25FN2O2. The van der Waals surface area contributed by atoms with Crippen molar-refractivity contribution in [2.45, 2.75) is 31.9 Å². The quantitative estimate of drug-likeness (QED) is 0.817. The van der Waals surface area contributed by atoms with Crippen LogP contribution < -0.4 is 0 Å². The number of likely N-dealkylation sites (N-methyl/N-ethyl adjacent to an activating group) is 1. The van der Waals surface area contributed by atoms with Gasteiger partial charge in [-0.2, -0.15) is 0 Å². The Morgan fingerprint density at radius 3 is 2.70 bits per heavy atom. The van der Waals surface area contributed by atoms with Crippen LogP contribution in [0.1, 0.15) is 25.3 Å². The first-order chi connectivity index (χ1) is 10.8. The molecule has 1 saturated heterocycles. The zero-order valence-electron chi connectivity index (χ0n) is 13.9. The van der Waals surface area contributed by atoms with Crippen LogP contribution in [-0.2, 0) is 11.3 Å². The SMILES string of the molecule is C=C(C)CN(C)C[C@@]1(O)CCCN(Cc2ccc(F)cc2)C1=O. The molecule has 1 aliphatic heterocycles. The fourth-order valence-corrected chi connectivity index (χ4v) is 3.14. The minimum absolute atomic E-state index is 0.248. The van der Waals surface area contributed by atoms with E-state index in [-0.39, 0.29) is 11.7 Å². The van der Waals surface area contributed by atoms with Crippen LogP contribution in [-0.4, -0.2) is 53.1 Å². The third-order valence-corrected chi connectivity index (χ3v) is 4.06. The molecule has 0 aromatic heterocycles. The van der Waals surface area contributed by atoms with Gasteiger partial charge < -0.3 is 10.0 Å². The molecule has 0 radical (unpaired) electrons. The van der Waals surface area contributed by atoms with Crippen molar-refractivity contribution in [2.75, 3.05) is 26.7 Å². The molecule has 0 bridgehead atoms. The first-order valence-corrected chi connectivity index (χ1v) is 7.89. The van der Waals surface area contributed by atoms with Gasteiger partial charge in [0.15, 0.2) is 5.60 Å². The van der Waals surface area contributed by atoms with E-state index in [1.807, 2.05) is 18.9 Å². The highest BCUT2D eigenvalue weighted by molar-refractivity contribution is 5.86. The Labute approximate surface area is 137 Å². The summed E-state index contributed by atoms with van der Waals surface area (Å²) in [5.41, 5.74) is 0.490. The summed E-state index contributed by atoms with van der Waals surface area (Å²) in [4.78, 5) is 16.3. The number of carbonyl (C=O) groups is 1. The van der Waals surface area contributed by atoms with Gasteiger partial charge in [-0.05, 0) is 44.5 Å². The largest absolute Gasteiger partial charge is 0.379 e. The van der Waals surface area contributed by atoms with E-state index in [1.165, 1.54) is 12.1 Å². The van der Waals surface area contributed by atoms with Gasteiger partial charge in [-0.25, -0.2) is 4.39 Å². The molecular weight excluding hydrogens is 295 g/mol. The monoisotopic (exact) mass is 320 g/mol. The molecule has 1 heterocycles. The minimum Gasteiger partial charge on any atom is -0.379 e. The van der Waals surface area contributed by atoms with Gasteiger partial charge in [0.2, 0.25) is 0 Å². The number of benzene rings is 1. The van der Waals surface area contributed by atoms with Gasteiger partial charge in [0, 0.05) is 26.2 Å². The Balaban J connectivity index is 2.04. The number of nitrogens with zero attached hydrogens (tertiary/aromatic N) is 2. The molecule has 23 heavy (non-hydrogen) atoms. The van der Waals surface area contributed by atoms with Gasteiger partial charge in [-0.15, -0.1) is 0 Å². The fourth-order valence-electron chi connectivity index (χ4n) is 3.14. The molecule has 126 valence electrons. The first-order valence-electron chi connectivity index (χ1n) is 7.89. The lowest BCUT2D eigenvalue weighted by Gasteiger charge is -2.40. The predicted molar refractivity (Wildman–Crippen MR) is 88.3 cm³/mol. The maximum absolute atomic E-state index is 13.0. The van der Waals surface area contributed by atoms with Gasteiger partial charge in [-0.1, -0.05) is 24.3 Å². The molecule has 5 heteroatoms. The molecule has 0 aliphatic carbocycles. The Morgan fingerprint density at radius 1 is 1.43 bits per heavy atom. The number of likely N-dealkylation sites (tertiary alicyclic amines) is 1. The molecule has 1 N–H and O–H groups in total. The maximum atomic E-state index is 13.0. The highest BCUT2D eigenvalue weighted by Gasteiger charge is 2.42. The Kier molecular flexibility index (Phi) is 5.55. The topological polar surface area (TPSA) is 43.8 Å². The van der Waals surface area contributed by atoms with Gasteiger partial charge >= 0.3 is 0 Å². The zero-order chi connectivity index (χ0) is 17.0. The average Bonchev–Trinajstić information content (AvgIpc) is 2.45. The van der Waals surface area contributed by atoms with Gasteiger partial charge in [0.05, 0.1) is 0 Å². The number of piperidine rings is 1. The van der Waals surface area contributed by atoms with Crippen LogP contribution in [0.3, 0.4) is 0 Å². The molecule has 1 fully saturated rings. The van der Waals surface area contributed by atoms with Crippen LogP contribution in [0, 0.1) is 5.82 Å². The van der Waals surface area contributed by atoms with E-state index >= 15 is 0 Å². The predicted octanol–water partition coefficient (Wildman–Crippen LogP) is 2.19. The van der Waals surface area contributed by atoms with Crippen molar-refractivity contribution >= 4 is 5.91 Å².